The van der Waals surface area contributed by atoms with Gasteiger partial charge in [0, 0.05) is 6.07 Å². The number of ketones is 1. The van der Waals surface area contributed by atoms with Crippen LogP contribution in [0.3, 0.4) is 0 Å². The molecule has 1 aromatic rings. The molecule has 0 aliphatic heterocycles. The van der Waals surface area contributed by atoms with E-state index >= 15 is 0 Å². The number of carbonyl (C=O) groups excluding carboxylic acids is 1. The SMILES string of the molecule is CCC(C(C)=O)c1ncc([N+](=O)[O-])cc1C. The Morgan fingerprint density at radius 2 is 2.25 bits per heavy atom. The molecule has 0 saturated carbocycles. The Morgan fingerprint density at radius 3 is 2.62 bits per heavy atom. The van der Waals surface area contributed by atoms with Gasteiger partial charge in [-0.15, -0.1) is 0 Å². The topological polar surface area (TPSA) is 73.1 Å². The summed E-state index contributed by atoms with van der Waals surface area (Å²) < 4.78 is 0. The number of aryl methyl sites for hydroxylation is 1. The molecule has 5 nitrogen and oxygen atoms in total. The monoisotopic (exact) mass is 222 g/mol. The molecule has 86 valence electrons. The summed E-state index contributed by atoms with van der Waals surface area (Å²) in [5.74, 6) is -0.229. The van der Waals surface area contributed by atoms with Crippen LogP contribution in [0, 0.1) is 17.0 Å². The summed E-state index contributed by atoms with van der Waals surface area (Å²) in [4.78, 5) is 25.5. The van der Waals surface area contributed by atoms with E-state index in [2.05, 4.69) is 4.98 Å². The van der Waals surface area contributed by atoms with Gasteiger partial charge >= 0.3 is 0 Å². The Kier molecular flexibility index (Phi) is 3.71. The van der Waals surface area contributed by atoms with Crippen LogP contribution in [0.2, 0.25) is 0 Å². The minimum Gasteiger partial charge on any atom is -0.299 e. The highest BCUT2D eigenvalue weighted by Gasteiger charge is 2.20. The van der Waals surface area contributed by atoms with Crippen LogP contribution in [-0.4, -0.2) is 15.7 Å². The van der Waals surface area contributed by atoms with Crippen LogP contribution in [0.5, 0.6) is 0 Å². The Morgan fingerprint density at radius 1 is 1.62 bits per heavy atom. The lowest BCUT2D eigenvalue weighted by Crippen LogP contribution is -2.11. The summed E-state index contributed by atoms with van der Waals surface area (Å²) in [6.45, 7) is 5.15. The van der Waals surface area contributed by atoms with Crippen molar-refractivity contribution in [3.8, 4) is 0 Å². The van der Waals surface area contributed by atoms with Crippen molar-refractivity contribution in [2.24, 2.45) is 0 Å². The van der Waals surface area contributed by atoms with Gasteiger partial charge in [0.15, 0.2) is 0 Å². The van der Waals surface area contributed by atoms with Gasteiger partial charge in [0.25, 0.3) is 5.69 Å². The van der Waals surface area contributed by atoms with Gasteiger partial charge in [-0.25, -0.2) is 0 Å². The number of nitrogens with zero attached hydrogens (tertiary/aromatic N) is 2. The highest BCUT2D eigenvalue weighted by atomic mass is 16.6. The van der Waals surface area contributed by atoms with Crippen LogP contribution >= 0.6 is 0 Å². The van der Waals surface area contributed by atoms with E-state index in [1.165, 1.54) is 19.2 Å². The molecule has 5 heteroatoms. The van der Waals surface area contributed by atoms with Crippen molar-refractivity contribution < 1.29 is 9.72 Å². The van der Waals surface area contributed by atoms with E-state index in [9.17, 15) is 14.9 Å². The number of rotatable bonds is 4. The average Bonchev–Trinajstić information content (AvgIpc) is 2.20. The number of hydrogen-bond acceptors (Lipinski definition) is 4. The average molecular weight is 222 g/mol. The van der Waals surface area contributed by atoms with Crippen molar-refractivity contribution in [2.75, 3.05) is 0 Å². The molecular formula is C11H14N2O3. The van der Waals surface area contributed by atoms with Crippen molar-refractivity contribution in [3.63, 3.8) is 0 Å². The lowest BCUT2D eigenvalue weighted by molar-refractivity contribution is -0.385. The first-order valence-corrected chi connectivity index (χ1v) is 5.08. The number of carbonyl (C=O) groups is 1. The van der Waals surface area contributed by atoms with Crippen LogP contribution in [0.15, 0.2) is 12.3 Å². The molecule has 0 N–H and O–H groups in total. The summed E-state index contributed by atoms with van der Waals surface area (Å²) in [6.07, 6.45) is 1.86. The van der Waals surface area contributed by atoms with Gasteiger partial charge in [-0.1, -0.05) is 6.92 Å². The van der Waals surface area contributed by atoms with Crippen LogP contribution in [0.1, 0.15) is 37.4 Å². The first-order chi connectivity index (χ1) is 7.47. The lowest BCUT2D eigenvalue weighted by Gasteiger charge is -2.12. The molecule has 1 unspecified atom stereocenters. The van der Waals surface area contributed by atoms with E-state index in [-0.39, 0.29) is 17.4 Å². The first kappa shape index (κ1) is 12.3. The Bertz CT molecular complexity index is 429. The molecule has 0 fully saturated rings. The van der Waals surface area contributed by atoms with Gasteiger partial charge < -0.3 is 0 Å². The van der Waals surface area contributed by atoms with E-state index in [4.69, 9.17) is 0 Å². The molecule has 0 saturated heterocycles. The standard InChI is InChI=1S/C11H14N2O3/c1-4-10(8(3)14)11-7(2)5-9(6-12-11)13(15)16/h5-6,10H,4H2,1-3H3. The van der Waals surface area contributed by atoms with Crippen molar-refractivity contribution in [3.05, 3.63) is 33.6 Å². The third-order valence-electron chi connectivity index (χ3n) is 2.54. The van der Waals surface area contributed by atoms with Crippen molar-refractivity contribution in [1.29, 1.82) is 0 Å². The van der Waals surface area contributed by atoms with Gasteiger partial charge in [0.1, 0.15) is 12.0 Å². The minimum atomic E-state index is -0.488. The number of pyridine rings is 1. The molecule has 0 aromatic carbocycles. The van der Waals surface area contributed by atoms with E-state index in [1.807, 2.05) is 6.92 Å². The second-order valence-corrected chi connectivity index (χ2v) is 3.72. The zero-order valence-corrected chi connectivity index (χ0v) is 9.56. The summed E-state index contributed by atoms with van der Waals surface area (Å²) in [5.41, 5.74) is 1.29. The second-order valence-electron chi connectivity index (χ2n) is 3.72. The van der Waals surface area contributed by atoms with Gasteiger partial charge in [-0.3, -0.25) is 19.9 Å². The third kappa shape index (κ3) is 2.42. The molecule has 0 bridgehead atoms. The molecule has 16 heavy (non-hydrogen) atoms. The maximum atomic E-state index is 11.4. The Labute approximate surface area is 93.7 Å². The molecule has 0 aliphatic rings. The van der Waals surface area contributed by atoms with Crippen molar-refractivity contribution >= 4 is 11.5 Å². The summed E-state index contributed by atoms with van der Waals surface area (Å²) in [5, 5.41) is 10.5. The van der Waals surface area contributed by atoms with E-state index < -0.39 is 4.92 Å². The molecule has 0 aliphatic carbocycles. The summed E-state index contributed by atoms with van der Waals surface area (Å²) >= 11 is 0. The maximum Gasteiger partial charge on any atom is 0.287 e. The van der Waals surface area contributed by atoms with Gasteiger partial charge in [0.05, 0.1) is 16.5 Å². The first-order valence-electron chi connectivity index (χ1n) is 5.08. The maximum absolute atomic E-state index is 11.4. The molecular weight excluding hydrogens is 208 g/mol. The normalized spacial score (nSPS) is 12.2. The largest absolute Gasteiger partial charge is 0.299 e. The zero-order chi connectivity index (χ0) is 12.3. The number of aromatic nitrogens is 1. The second kappa shape index (κ2) is 4.83. The van der Waals surface area contributed by atoms with E-state index in [0.717, 1.165) is 0 Å². The number of hydrogen-bond donors (Lipinski definition) is 0. The van der Waals surface area contributed by atoms with E-state index in [1.54, 1.807) is 6.92 Å². The van der Waals surface area contributed by atoms with Crippen LogP contribution in [0.25, 0.3) is 0 Å². The molecule has 0 amide bonds. The number of Topliss-reactive ketones (excluding diaryl/α,β-unsaturated/α-hetero) is 1. The fraction of sp³-hybridized carbons (Fsp3) is 0.455. The van der Waals surface area contributed by atoms with E-state index in [0.29, 0.717) is 17.7 Å². The summed E-state index contributed by atoms with van der Waals surface area (Å²) in [6, 6.07) is 1.45. The van der Waals surface area contributed by atoms with Gasteiger partial charge in [0.2, 0.25) is 0 Å². The fourth-order valence-corrected chi connectivity index (χ4v) is 1.71. The highest BCUT2D eigenvalue weighted by molar-refractivity contribution is 5.83. The van der Waals surface area contributed by atoms with Crippen LogP contribution < -0.4 is 0 Å². The van der Waals surface area contributed by atoms with Crippen molar-refractivity contribution in [1.82, 2.24) is 4.98 Å². The Balaban J connectivity index is 3.16. The fourth-order valence-electron chi connectivity index (χ4n) is 1.71. The quantitative estimate of drug-likeness (QED) is 0.579. The molecule has 0 spiro atoms. The predicted octanol–water partition coefficient (Wildman–Crippen LogP) is 2.38. The zero-order valence-electron chi connectivity index (χ0n) is 9.56. The summed E-state index contributed by atoms with van der Waals surface area (Å²) in [7, 11) is 0. The molecule has 1 aromatic heterocycles. The van der Waals surface area contributed by atoms with Gasteiger partial charge in [-0.2, -0.15) is 0 Å². The predicted molar refractivity (Wildman–Crippen MR) is 59.3 cm³/mol. The molecule has 1 rings (SSSR count). The Hall–Kier alpha value is -1.78. The highest BCUT2D eigenvalue weighted by Crippen LogP contribution is 2.24. The molecule has 1 atom stereocenters. The molecule has 0 radical (unpaired) electrons. The number of nitro groups is 1. The van der Waals surface area contributed by atoms with Gasteiger partial charge in [-0.05, 0) is 25.8 Å². The van der Waals surface area contributed by atoms with Crippen LogP contribution in [0.4, 0.5) is 5.69 Å². The van der Waals surface area contributed by atoms with Crippen molar-refractivity contribution in [2.45, 2.75) is 33.1 Å². The lowest BCUT2D eigenvalue weighted by atomic mass is 9.94. The third-order valence-corrected chi connectivity index (χ3v) is 2.54. The molecule has 1 heterocycles. The smallest absolute Gasteiger partial charge is 0.287 e. The minimum absolute atomic E-state index is 0.0342. The van der Waals surface area contributed by atoms with Crippen LogP contribution in [-0.2, 0) is 4.79 Å².